The molecule has 0 saturated heterocycles. The third kappa shape index (κ3) is 1.30. The quantitative estimate of drug-likeness (QED) is 0.761. The minimum Gasteiger partial charge on any atom is -0.477 e. The van der Waals surface area contributed by atoms with Crippen molar-refractivity contribution >= 4 is 38.9 Å². The first-order valence-corrected chi connectivity index (χ1v) is 4.00. The van der Waals surface area contributed by atoms with E-state index in [0.29, 0.717) is 5.69 Å². The molecule has 0 atom stereocenters. The number of aromatic carboxylic acids is 1. The van der Waals surface area contributed by atoms with Crippen LogP contribution < -0.4 is 5.73 Å². The van der Waals surface area contributed by atoms with Crippen LogP contribution >= 0.6 is 27.3 Å². The molecule has 5 heteroatoms. The number of carboxylic acids is 1. The summed E-state index contributed by atoms with van der Waals surface area (Å²) in [6, 6.07) is 1.58. The Bertz CT molecular complexity index is 271. The van der Waals surface area contributed by atoms with Gasteiger partial charge in [-0.3, -0.25) is 0 Å². The summed E-state index contributed by atoms with van der Waals surface area (Å²) in [6.07, 6.45) is 0. The van der Waals surface area contributed by atoms with Crippen molar-refractivity contribution in [1.82, 2.24) is 0 Å². The fourth-order valence-corrected chi connectivity index (χ4v) is 1.92. The van der Waals surface area contributed by atoms with Gasteiger partial charge in [0.1, 0.15) is 4.88 Å². The van der Waals surface area contributed by atoms with Gasteiger partial charge in [-0.1, -0.05) is 0 Å². The van der Waals surface area contributed by atoms with E-state index < -0.39 is 5.97 Å². The molecule has 3 N–H and O–H groups in total. The van der Waals surface area contributed by atoms with Crippen LogP contribution in [-0.2, 0) is 0 Å². The van der Waals surface area contributed by atoms with Gasteiger partial charge in [-0.2, -0.15) is 0 Å². The Morgan fingerprint density at radius 2 is 2.40 bits per heavy atom. The molecule has 0 unspecified atom stereocenters. The van der Waals surface area contributed by atoms with Gasteiger partial charge in [0, 0.05) is 0 Å². The highest BCUT2D eigenvalue weighted by Gasteiger charge is 2.10. The SMILES string of the molecule is Nc1cc(Br)sc1C(=O)O. The first kappa shape index (κ1) is 7.56. The Morgan fingerprint density at radius 3 is 2.60 bits per heavy atom. The molecule has 10 heavy (non-hydrogen) atoms. The van der Waals surface area contributed by atoms with Crippen LogP contribution in [0.1, 0.15) is 9.67 Å². The largest absolute Gasteiger partial charge is 0.477 e. The summed E-state index contributed by atoms with van der Waals surface area (Å²) in [5, 5.41) is 8.49. The van der Waals surface area contributed by atoms with E-state index in [-0.39, 0.29) is 4.88 Å². The Balaban J connectivity index is 3.15. The Labute approximate surface area is 69.6 Å². The van der Waals surface area contributed by atoms with Gasteiger partial charge < -0.3 is 10.8 Å². The lowest BCUT2D eigenvalue weighted by Crippen LogP contribution is -1.96. The number of anilines is 1. The lowest BCUT2D eigenvalue weighted by atomic mass is 10.4. The van der Waals surface area contributed by atoms with E-state index in [1.165, 1.54) is 0 Å². The lowest BCUT2D eigenvalue weighted by Gasteiger charge is -1.86. The van der Waals surface area contributed by atoms with Gasteiger partial charge in [0.15, 0.2) is 0 Å². The van der Waals surface area contributed by atoms with Crippen LogP contribution in [0.15, 0.2) is 9.85 Å². The molecule has 1 aromatic rings. The lowest BCUT2D eigenvalue weighted by molar-refractivity contribution is 0.0703. The number of hydrogen-bond donors (Lipinski definition) is 2. The number of carboxylic acid groups (broad SMARTS) is 1. The van der Waals surface area contributed by atoms with Crippen LogP contribution in [-0.4, -0.2) is 11.1 Å². The zero-order valence-corrected chi connectivity index (χ0v) is 7.20. The Hall–Kier alpha value is -0.550. The van der Waals surface area contributed by atoms with E-state index in [4.69, 9.17) is 10.8 Å². The van der Waals surface area contributed by atoms with Crippen LogP contribution in [0, 0.1) is 0 Å². The number of nitrogens with two attached hydrogens (primary N) is 1. The van der Waals surface area contributed by atoms with Gasteiger partial charge in [-0.15, -0.1) is 11.3 Å². The van der Waals surface area contributed by atoms with E-state index >= 15 is 0 Å². The summed E-state index contributed by atoms with van der Waals surface area (Å²) in [5.41, 5.74) is 5.65. The fourth-order valence-electron chi connectivity index (χ4n) is 0.541. The molecular weight excluding hydrogens is 218 g/mol. The molecule has 0 aromatic carbocycles. The second-order valence-electron chi connectivity index (χ2n) is 1.64. The molecule has 54 valence electrons. The summed E-state index contributed by atoms with van der Waals surface area (Å²) in [5.74, 6) is -0.979. The molecule has 1 heterocycles. The van der Waals surface area contributed by atoms with E-state index in [0.717, 1.165) is 15.1 Å². The van der Waals surface area contributed by atoms with Crippen molar-refractivity contribution in [1.29, 1.82) is 0 Å². The summed E-state index contributed by atoms with van der Waals surface area (Å²) < 4.78 is 0.738. The van der Waals surface area contributed by atoms with Gasteiger partial charge in [-0.05, 0) is 22.0 Å². The summed E-state index contributed by atoms with van der Waals surface area (Å²) in [6.45, 7) is 0. The van der Waals surface area contributed by atoms with E-state index in [2.05, 4.69) is 15.9 Å². The molecule has 0 aliphatic carbocycles. The summed E-state index contributed by atoms with van der Waals surface area (Å²) in [4.78, 5) is 10.5. The van der Waals surface area contributed by atoms with Gasteiger partial charge in [0.25, 0.3) is 0 Å². The van der Waals surface area contributed by atoms with Gasteiger partial charge >= 0.3 is 5.97 Å². The number of carbonyl (C=O) groups is 1. The average molecular weight is 222 g/mol. The monoisotopic (exact) mass is 221 g/mol. The van der Waals surface area contributed by atoms with E-state index in [9.17, 15) is 4.79 Å². The van der Waals surface area contributed by atoms with Crippen LogP contribution in [0.4, 0.5) is 5.69 Å². The second-order valence-corrected chi connectivity index (χ2v) is 4.07. The molecule has 0 saturated carbocycles. The molecular formula is C5H4BrNO2S. The molecule has 1 rings (SSSR count). The third-order valence-electron chi connectivity index (χ3n) is 0.925. The van der Waals surface area contributed by atoms with Crippen molar-refractivity contribution in [2.75, 3.05) is 5.73 Å². The van der Waals surface area contributed by atoms with Gasteiger partial charge in [0.2, 0.25) is 0 Å². The number of nitrogen functional groups attached to an aromatic ring is 1. The minimum absolute atomic E-state index is 0.187. The normalized spacial score (nSPS) is 9.70. The smallest absolute Gasteiger partial charge is 0.348 e. The van der Waals surface area contributed by atoms with Crippen LogP contribution in [0.2, 0.25) is 0 Å². The zero-order valence-electron chi connectivity index (χ0n) is 4.80. The molecule has 1 aromatic heterocycles. The third-order valence-corrected chi connectivity index (χ3v) is 2.57. The molecule has 0 fully saturated rings. The topological polar surface area (TPSA) is 63.3 Å². The Morgan fingerprint density at radius 1 is 1.80 bits per heavy atom. The summed E-state index contributed by atoms with van der Waals surface area (Å²) in [7, 11) is 0. The molecule has 0 aliphatic rings. The predicted octanol–water partition coefficient (Wildman–Crippen LogP) is 1.79. The molecule has 0 spiro atoms. The number of halogens is 1. The van der Waals surface area contributed by atoms with E-state index in [1.807, 2.05) is 0 Å². The maximum absolute atomic E-state index is 10.3. The number of rotatable bonds is 1. The first-order valence-electron chi connectivity index (χ1n) is 2.39. The van der Waals surface area contributed by atoms with Crippen molar-refractivity contribution in [3.05, 3.63) is 14.7 Å². The van der Waals surface area contributed by atoms with Crippen molar-refractivity contribution in [2.45, 2.75) is 0 Å². The Kier molecular flexibility index (Phi) is 1.96. The standard InChI is InChI=1S/C5H4BrNO2S/c6-3-1-2(7)4(10-3)5(8)9/h1H,7H2,(H,8,9). The van der Waals surface area contributed by atoms with Gasteiger partial charge in [0.05, 0.1) is 9.47 Å². The van der Waals surface area contributed by atoms with Crippen molar-refractivity contribution in [3.8, 4) is 0 Å². The fraction of sp³-hybridized carbons (Fsp3) is 0. The summed E-state index contributed by atoms with van der Waals surface area (Å²) >= 11 is 4.24. The molecule has 3 nitrogen and oxygen atoms in total. The highest BCUT2D eigenvalue weighted by molar-refractivity contribution is 9.11. The highest BCUT2D eigenvalue weighted by Crippen LogP contribution is 2.28. The van der Waals surface area contributed by atoms with Crippen molar-refractivity contribution in [2.24, 2.45) is 0 Å². The number of hydrogen-bond acceptors (Lipinski definition) is 3. The predicted molar refractivity (Wildman–Crippen MR) is 43.4 cm³/mol. The van der Waals surface area contributed by atoms with Crippen molar-refractivity contribution in [3.63, 3.8) is 0 Å². The second kappa shape index (κ2) is 2.59. The molecule has 0 amide bonds. The molecule has 0 radical (unpaired) electrons. The average Bonchev–Trinajstić information content (AvgIpc) is 2.10. The highest BCUT2D eigenvalue weighted by atomic mass is 79.9. The first-order chi connectivity index (χ1) is 4.61. The number of thiophene rings is 1. The molecule has 0 bridgehead atoms. The molecule has 0 aliphatic heterocycles. The van der Waals surface area contributed by atoms with E-state index in [1.54, 1.807) is 6.07 Å². The van der Waals surface area contributed by atoms with Crippen LogP contribution in [0.3, 0.4) is 0 Å². The van der Waals surface area contributed by atoms with Crippen LogP contribution in [0.5, 0.6) is 0 Å². The maximum atomic E-state index is 10.3. The minimum atomic E-state index is -0.979. The maximum Gasteiger partial charge on any atom is 0.348 e. The van der Waals surface area contributed by atoms with Crippen molar-refractivity contribution < 1.29 is 9.90 Å². The van der Waals surface area contributed by atoms with Gasteiger partial charge in [-0.25, -0.2) is 4.79 Å². The van der Waals surface area contributed by atoms with Crippen LogP contribution in [0.25, 0.3) is 0 Å². The zero-order chi connectivity index (χ0) is 7.72.